The van der Waals surface area contributed by atoms with Crippen LogP contribution in [-0.2, 0) is 4.79 Å². The fourth-order valence-corrected chi connectivity index (χ4v) is 0.906. The third kappa shape index (κ3) is 9.12. The van der Waals surface area contributed by atoms with Crippen molar-refractivity contribution in [1.82, 2.24) is 5.32 Å². The van der Waals surface area contributed by atoms with Crippen molar-refractivity contribution in [3.63, 3.8) is 0 Å². The first-order valence-electron chi connectivity index (χ1n) is 5.08. The minimum absolute atomic E-state index is 0.136. The largest absolute Gasteiger partial charge is 0.356 e. The molecular formula is C11H21NO. The van der Waals surface area contributed by atoms with Gasteiger partial charge in [0.25, 0.3) is 0 Å². The molecule has 0 aliphatic rings. The normalized spacial score (nSPS) is 11.1. The molecule has 0 aliphatic carbocycles. The number of allylic oxidation sites excluding steroid dienone is 1. The first kappa shape index (κ1) is 12.2. The van der Waals surface area contributed by atoms with Crippen molar-refractivity contribution >= 4 is 5.91 Å². The molecule has 0 fully saturated rings. The van der Waals surface area contributed by atoms with Crippen molar-refractivity contribution in [2.45, 2.75) is 40.0 Å². The van der Waals surface area contributed by atoms with Gasteiger partial charge in [-0.1, -0.05) is 32.9 Å². The molecular weight excluding hydrogens is 162 g/mol. The first-order chi connectivity index (χ1) is 6.16. The second kappa shape index (κ2) is 7.84. The summed E-state index contributed by atoms with van der Waals surface area (Å²) in [5, 5.41) is 2.83. The molecule has 0 atom stereocenters. The summed E-state index contributed by atoms with van der Waals surface area (Å²) in [6.45, 7) is 7.03. The first-order valence-corrected chi connectivity index (χ1v) is 5.08. The number of rotatable bonds is 6. The van der Waals surface area contributed by atoms with E-state index in [9.17, 15) is 4.79 Å². The summed E-state index contributed by atoms with van der Waals surface area (Å²) in [4.78, 5) is 10.8. The zero-order valence-electron chi connectivity index (χ0n) is 8.97. The SMILES string of the molecule is CCC(=O)NCC/C=C\CC(C)C. The quantitative estimate of drug-likeness (QED) is 0.497. The molecule has 0 heterocycles. The Kier molecular flexibility index (Phi) is 7.36. The number of hydrogen-bond acceptors (Lipinski definition) is 1. The van der Waals surface area contributed by atoms with Gasteiger partial charge < -0.3 is 5.32 Å². The highest BCUT2D eigenvalue weighted by atomic mass is 16.1. The minimum Gasteiger partial charge on any atom is -0.356 e. The molecule has 13 heavy (non-hydrogen) atoms. The second-order valence-corrected chi connectivity index (χ2v) is 3.59. The number of carbonyl (C=O) groups is 1. The Hall–Kier alpha value is -0.790. The summed E-state index contributed by atoms with van der Waals surface area (Å²) in [6, 6.07) is 0. The standard InChI is InChI=1S/C11H21NO/c1-4-11(13)12-9-7-5-6-8-10(2)3/h5-6,10H,4,7-9H2,1-3H3,(H,12,13)/b6-5-. The van der Waals surface area contributed by atoms with Crippen molar-refractivity contribution < 1.29 is 4.79 Å². The second-order valence-electron chi connectivity index (χ2n) is 3.59. The van der Waals surface area contributed by atoms with Gasteiger partial charge in [0.1, 0.15) is 0 Å². The number of amides is 1. The molecule has 0 aromatic carbocycles. The Balaban J connectivity index is 3.25. The third-order valence-electron chi connectivity index (χ3n) is 1.73. The van der Waals surface area contributed by atoms with Crippen LogP contribution in [0.4, 0.5) is 0 Å². The van der Waals surface area contributed by atoms with Crippen LogP contribution in [0.3, 0.4) is 0 Å². The van der Waals surface area contributed by atoms with E-state index < -0.39 is 0 Å². The van der Waals surface area contributed by atoms with Crippen LogP contribution >= 0.6 is 0 Å². The van der Waals surface area contributed by atoms with Gasteiger partial charge in [-0.2, -0.15) is 0 Å². The Bertz CT molecular complexity index is 161. The monoisotopic (exact) mass is 183 g/mol. The van der Waals surface area contributed by atoms with Crippen molar-refractivity contribution in [3.05, 3.63) is 12.2 Å². The molecule has 0 unspecified atom stereocenters. The Labute approximate surface area is 81.4 Å². The van der Waals surface area contributed by atoms with Crippen LogP contribution in [0.5, 0.6) is 0 Å². The smallest absolute Gasteiger partial charge is 0.219 e. The van der Waals surface area contributed by atoms with Crippen molar-refractivity contribution in [1.29, 1.82) is 0 Å². The van der Waals surface area contributed by atoms with Gasteiger partial charge in [0.2, 0.25) is 5.91 Å². The third-order valence-corrected chi connectivity index (χ3v) is 1.73. The lowest BCUT2D eigenvalue weighted by molar-refractivity contribution is -0.120. The van der Waals surface area contributed by atoms with Gasteiger partial charge in [-0.05, 0) is 18.8 Å². The van der Waals surface area contributed by atoms with Gasteiger partial charge in [-0.25, -0.2) is 0 Å². The van der Waals surface area contributed by atoms with Crippen LogP contribution in [0.1, 0.15) is 40.0 Å². The molecule has 2 heteroatoms. The van der Waals surface area contributed by atoms with Crippen LogP contribution in [-0.4, -0.2) is 12.5 Å². The number of nitrogens with one attached hydrogen (secondary N) is 1. The minimum atomic E-state index is 0.136. The van der Waals surface area contributed by atoms with Crippen LogP contribution in [0.2, 0.25) is 0 Å². The molecule has 76 valence electrons. The van der Waals surface area contributed by atoms with Crippen LogP contribution in [0.25, 0.3) is 0 Å². The number of carbonyl (C=O) groups excluding carboxylic acids is 1. The van der Waals surface area contributed by atoms with Gasteiger partial charge in [0.05, 0.1) is 0 Å². The molecule has 0 aromatic rings. The lowest BCUT2D eigenvalue weighted by atomic mass is 10.1. The zero-order valence-corrected chi connectivity index (χ0v) is 8.97. The van der Waals surface area contributed by atoms with E-state index in [1.54, 1.807) is 0 Å². The van der Waals surface area contributed by atoms with Crippen molar-refractivity contribution in [2.24, 2.45) is 5.92 Å². The molecule has 0 aliphatic heterocycles. The predicted octanol–water partition coefficient (Wildman–Crippen LogP) is 2.51. The molecule has 0 rings (SSSR count). The van der Waals surface area contributed by atoms with Crippen LogP contribution in [0.15, 0.2) is 12.2 Å². The van der Waals surface area contributed by atoms with E-state index in [1.807, 2.05) is 6.92 Å². The maximum Gasteiger partial charge on any atom is 0.219 e. The summed E-state index contributed by atoms with van der Waals surface area (Å²) < 4.78 is 0. The van der Waals surface area contributed by atoms with Crippen LogP contribution < -0.4 is 5.32 Å². The highest BCUT2D eigenvalue weighted by Gasteiger charge is 1.92. The highest BCUT2D eigenvalue weighted by Crippen LogP contribution is 1.99. The van der Waals surface area contributed by atoms with Gasteiger partial charge in [0, 0.05) is 13.0 Å². The maximum absolute atomic E-state index is 10.8. The average Bonchev–Trinajstić information content (AvgIpc) is 2.10. The van der Waals surface area contributed by atoms with E-state index in [0.29, 0.717) is 6.42 Å². The summed E-state index contributed by atoms with van der Waals surface area (Å²) in [7, 11) is 0. The molecule has 0 saturated heterocycles. The summed E-state index contributed by atoms with van der Waals surface area (Å²) in [6.07, 6.45) is 6.97. The van der Waals surface area contributed by atoms with Crippen LogP contribution in [0, 0.1) is 5.92 Å². The maximum atomic E-state index is 10.8. The average molecular weight is 183 g/mol. The highest BCUT2D eigenvalue weighted by molar-refractivity contribution is 5.75. The number of hydrogen-bond donors (Lipinski definition) is 1. The summed E-state index contributed by atoms with van der Waals surface area (Å²) in [5.74, 6) is 0.860. The van der Waals surface area contributed by atoms with E-state index in [-0.39, 0.29) is 5.91 Å². The Morgan fingerprint density at radius 3 is 2.62 bits per heavy atom. The van der Waals surface area contributed by atoms with Gasteiger partial charge in [-0.15, -0.1) is 0 Å². The van der Waals surface area contributed by atoms with Gasteiger partial charge in [0.15, 0.2) is 0 Å². The van der Waals surface area contributed by atoms with E-state index in [4.69, 9.17) is 0 Å². The fraction of sp³-hybridized carbons (Fsp3) is 0.727. The Morgan fingerprint density at radius 2 is 2.08 bits per heavy atom. The topological polar surface area (TPSA) is 29.1 Å². The van der Waals surface area contributed by atoms with E-state index in [2.05, 4.69) is 31.3 Å². The molecule has 0 saturated carbocycles. The molecule has 1 N–H and O–H groups in total. The van der Waals surface area contributed by atoms with Crippen molar-refractivity contribution in [2.75, 3.05) is 6.54 Å². The molecule has 0 radical (unpaired) electrons. The molecule has 0 spiro atoms. The van der Waals surface area contributed by atoms with Crippen molar-refractivity contribution in [3.8, 4) is 0 Å². The summed E-state index contributed by atoms with van der Waals surface area (Å²) >= 11 is 0. The lowest BCUT2D eigenvalue weighted by Gasteiger charge is -2.00. The van der Waals surface area contributed by atoms with Gasteiger partial charge in [-0.3, -0.25) is 4.79 Å². The molecule has 2 nitrogen and oxygen atoms in total. The molecule has 0 bridgehead atoms. The van der Waals surface area contributed by atoms with E-state index in [0.717, 1.165) is 25.3 Å². The zero-order chi connectivity index (χ0) is 10.1. The summed E-state index contributed by atoms with van der Waals surface area (Å²) in [5.41, 5.74) is 0. The molecule has 1 amide bonds. The van der Waals surface area contributed by atoms with E-state index >= 15 is 0 Å². The van der Waals surface area contributed by atoms with E-state index in [1.165, 1.54) is 0 Å². The molecule has 0 aromatic heterocycles. The Morgan fingerprint density at radius 1 is 1.38 bits per heavy atom. The lowest BCUT2D eigenvalue weighted by Crippen LogP contribution is -2.22. The van der Waals surface area contributed by atoms with Gasteiger partial charge >= 0.3 is 0 Å². The fourth-order valence-electron chi connectivity index (χ4n) is 0.906. The predicted molar refractivity (Wildman–Crippen MR) is 56.5 cm³/mol.